The number of fused-ring (bicyclic) bond motifs is 9. The first-order chi connectivity index (χ1) is 23.0. The molecule has 47 heavy (non-hydrogen) atoms. The van der Waals surface area contributed by atoms with Crippen molar-refractivity contribution >= 4 is 71.7 Å². The second-order valence-electron chi connectivity index (χ2n) is 13.1. The van der Waals surface area contributed by atoms with E-state index in [0.29, 0.717) is 5.95 Å². The van der Waals surface area contributed by atoms with Crippen molar-refractivity contribution in [2.45, 2.75) is 19.3 Å². The Hall–Kier alpha value is -6.00. The van der Waals surface area contributed by atoms with Crippen LogP contribution in [0.1, 0.15) is 25.0 Å². The summed E-state index contributed by atoms with van der Waals surface area (Å²) in [5.41, 5.74) is 8.99. The second-order valence-corrected chi connectivity index (χ2v) is 13.1. The molecular weight excluding hydrogens is 574 g/mol. The number of anilines is 3. The maximum Gasteiger partial charge on any atom is 0.235 e. The van der Waals surface area contributed by atoms with Crippen LogP contribution >= 0.6 is 0 Å². The third kappa shape index (κ3) is 3.76. The van der Waals surface area contributed by atoms with E-state index in [-0.39, 0.29) is 5.41 Å². The fraction of sp³-hybridized carbons (Fsp3) is 0.0698. The fourth-order valence-corrected chi connectivity index (χ4v) is 7.67. The summed E-state index contributed by atoms with van der Waals surface area (Å²) in [5.74, 6) is 0.638. The number of aromatic nitrogens is 2. The van der Waals surface area contributed by atoms with Gasteiger partial charge in [0.1, 0.15) is 11.2 Å². The molecule has 222 valence electrons. The van der Waals surface area contributed by atoms with E-state index in [1.807, 2.05) is 0 Å². The highest BCUT2D eigenvalue weighted by molar-refractivity contribution is 6.21. The summed E-state index contributed by atoms with van der Waals surface area (Å²) >= 11 is 0. The van der Waals surface area contributed by atoms with Gasteiger partial charge in [-0.05, 0) is 75.1 Å². The monoisotopic (exact) mass is 603 g/mol. The normalized spacial score (nSPS) is 13.9. The van der Waals surface area contributed by atoms with Crippen LogP contribution in [-0.4, -0.2) is 9.97 Å². The van der Waals surface area contributed by atoms with Crippen LogP contribution in [0.4, 0.5) is 17.3 Å². The number of nitrogens with zero attached hydrogens (tertiary/aromatic N) is 3. The quantitative estimate of drug-likeness (QED) is 0.197. The lowest BCUT2D eigenvalue weighted by atomic mass is 9.74. The summed E-state index contributed by atoms with van der Waals surface area (Å²) in [7, 11) is 0. The second kappa shape index (κ2) is 9.51. The van der Waals surface area contributed by atoms with Crippen molar-refractivity contribution in [3.8, 4) is 11.3 Å². The predicted octanol–water partition coefficient (Wildman–Crippen LogP) is 11.6. The molecule has 0 N–H and O–H groups in total. The number of hydrogen-bond acceptors (Lipinski definition) is 4. The van der Waals surface area contributed by atoms with E-state index in [1.165, 1.54) is 27.3 Å². The standard InChI is InChI=1S/C43H29N3O/c1-43(2)33-15-7-9-17-35(33)46(36-18-10-8-16-34(36)43)42-44-40(30-20-19-26-11-3-4-12-27(26)23-30)31-21-22-37-39(41(31)45-42)32-24-28-13-5-6-14-29(28)25-38(32)47-37/h3-25H,1-2H3. The van der Waals surface area contributed by atoms with Crippen LogP contribution in [0.25, 0.3) is 65.6 Å². The Morgan fingerprint density at radius 1 is 0.532 bits per heavy atom. The largest absolute Gasteiger partial charge is 0.456 e. The van der Waals surface area contributed by atoms with Crippen molar-refractivity contribution in [1.29, 1.82) is 0 Å². The lowest BCUT2D eigenvalue weighted by molar-refractivity contribution is 0.631. The Morgan fingerprint density at radius 2 is 1.15 bits per heavy atom. The summed E-state index contributed by atoms with van der Waals surface area (Å²) < 4.78 is 6.52. The van der Waals surface area contributed by atoms with Crippen LogP contribution < -0.4 is 4.90 Å². The third-order valence-corrected chi connectivity index (χ3v) is 10.0. The SMILES string of the molecule is CC1(C)c2ccccc2N(c2nc(-c3ccc4ccccc4c3)c3ccc4oc5cc6ccccc6cc5c4c3n2)c2ccccc21. The number of furan rings is 1. The molecule has 0 aliphatic carbocycles. The van der Waals surface area contributed by atoms with Gasteiger partial charge in [0, 0.05) is 21.8 Å². The first kappa shape index (κ1) is 26.2. The molecule has 0 radical (unpaired) electrons. The van der Waals surface area contributed by atoms with Gasteiger partial charge in [0.25, 0.3) is 0 Å². The zero-order valence-electron chi connectivity index (χ0n) is 26.0. The van der Waals surface area contributed by atoms with Gasteiger partial charge in [-0.25, -0.2) is 9.97 Å². The van der Waals surface area contributed by atoms with E-state index >= 15 is 0 Å². The summed E-state index contributed by atoms with van der Waals surface area (Å²) in [6, 6.07) is 49.4. The summed E-state index contributed by atoms with van der Waals surface area (Å²) in [6.07, 6.45) is 0. The minimum atomic E-state index is -0.184. The number of benzene rings is 7. The fourth-order valence-electron chi connectivity index (χ4n) is 7.67. The lowest BCUT2D eigenvalue weighted by Gasteiger charge is -2.41. The molecule has 0 spiro atoms. The first-order valence-electron chi connectivity index (χ1n) is 16.1. The van der Waals surface area contributed by atoms with Crippen molar-refractivity contribution in [3.05, 3.63) is 151 Å². The first-order valence-corrected chi connectivity index (χ1v) is 16.1. The Balaban J connectivity index is 1.34. The smallest absolute Gasteiger partial charge is 0.235 e. The summed E-state index contributed by atoms with van der Waals surface area (Å²) in [6.45, 7) is 4.60. The molecule has 10 rings (SSSR count). The summed E-state index contributed by atoms with van der Waals surface area (Å²) in [4.78, 5) is 13.2. The van der Waals surface area contributed by atoms with Gasteiger partial charge < -0.3 is 4.42 Å². The molecule has 0 atom stereocenters. The Kier molecular flexibility index (Phi) is 5.31. The van der Waals surface area contributed by atoms with Gasteiger partial charge in [-0.1, -0.05) is 111 Å². The van der Waals surface area contributed by atoms with Gasteiger partial charge in [0.05, 0.1) is 28.0 Å². The Bertz CT molecular complexity index is 2690. The zero-order valence-corrected chi connectivity index (χ0v) is 26.0. The number of hydrogen-bond donors (Lipinski definition) is 0. The molecule has 3 heterocycles. The molecule has 1 aliphatic rings. The predicted molar refractivity (Wildman–Crippen MR) is 194 cm³/mol. The van der Waals surface area contributed by atoms with Crippen LogP contribution in [0.15, 0.2) is 144 Å². The molecule has 9 aromatic rings. The third-order valence-electron chi connectivity index (χ3n) is 10.0. The minimum Gasteiger partial charge on any atom is -0.456 e. The minimum absolute atomic E-state index is 0.184. The van der Waals surface area contributed by atoms with Crippen molar-refractivity contribution in [2.24, 2.45) is 0 Å². The van der Waals surface area contributed by atoms with E-state index in [9.17, 15) is 0 Å². The van der Waals surface area contributed by atoms with Gasteiger partial charge >= 0.3 is 0 Å². The molecule has 0 fully saturated rings. The van der Waals surface area contributed by atoms with Crippen LogP contribution in [0.3, 0.4) is 0 Å². The van der Waals surface area contributed by atoms with Crippen molar-refractivity contribution in [1.82, 2.24) is 9.97 Å². The van der Waals surface area contributed by atoms with Crippen LogP contribution in [-0.2, 0) is 5.41 Å². The van der Waals surface area contributed by atoms with Crippen molar-refractivity contribution in [2.75, 3.05) is 4.90 Å². The highest BCUT2D eigenvalue weighted by Gasteiger charge is 2.37. The average Bonchev–Trinajstić information content (AvgIpc) is 3.48. The summed E-state index contributed by atoms with van der Waals surface area (Å²) in [5, 5.41) is 7.75. The molecule has 0 saturated carbocycles. The highest BCUT2D eigenvalue weighted by atomic mass is 16.3. The van der Waals surface area contributed by atoms with Gasteiger partial charge in [0.2, 0.25) is 5.95 Å². The average molecular weight is 604 g/mol. The molecular formula is C43H29N3O. The van der Waals surface area contributed by atoms with Crippen molar-refractivity contribution < 1.29 is 4.42 Å². The van der Waals surface area contributed by atoms with E-state index in [4.69, 9.17) is 14.4 Å². The van der Waals surface area contributed by atoms with Gasteiger partial charge in [0.15, 0.2) is 0 Å². The highest BCUT2D eigenvalue weighted by Crippen LogP contribution is 2.51. The number of rotatable bonds is 2. The van der Waals surface area contributed by atoms with Crippen LogP contribution in [0.2, 0.25) is 0 Å². The van der Waals surface area contributed by atoms with E-state index in [1.54, 1.807) is 0 Å². The van der Waals surface area contributed by atoms with Gasteiger partial charge in [-0.15, -0.1) is 0 Å². The molecule has 4 heteroatoms. The van der Waals surface area contributed by atoms with Crippen molar-refractivity contribution in [3.63, 3.8) is 0 Å². The molecule has 0 unspecified atom stereocenters. The maximum absolute atomic E-state index is 6.52. The van der Waals surface area contributed by atoms with Gasteiger partial charge in [-0.3, -0.25) is 4.90 Å². The van der Waals surface area contributed by atoms with Crippen LogP contribution in [0, 0.1) is 0 Å². The molecule has 1 aliphatic heterocycles. The molecule has 2 aromatic heterocycles. The molecule has 7 aromatic carbocycles. The molecule has 0 bridgehead atoms. The topological polar surface area (TPSA) is 42.2 Å². The van der Waals surface area contributed by atoms with Gasteiger partial charge in [-0.2, -0.15) is 0 Å². The Labute approximate surface area is 271 Å². The zero-order chi connectivity index (χ0) is 31.3. The van der Waals surface area contributed by atoms with E-state index in [2.05, 4.69) is 158 Å². The lowest BCUT2D eigenvalue weighted by Crippen LogP contribution is -2.31. The van der Waals surface area contributed by atoms with Crippen LogP contribution in [0.5, 0.6) is 0 Å². The molecule has 0 saturated heterocycles. The maximum atomic E-state index is 6.52. The van der Waals surface area contributed by atoms with E-state index < -0.39 is 0 Å². The number of para-hydroxylation sites is 2. The molecule has 4 nitrogen and oxygen atoms in total. The molecule has 0 amide bonds. The van der Waals surface area contributed by atoms with E-state index in [0.717, 1.165) is 60.9 Å². The Morgan fingerprint density at radius 3 is 1.87 bits per heavy atom.